The van der Waals surface area contributed by atoms with Crippen LogP contribution in [0.2, 0.25) is 0 Å². The highest BCUT2D eigenvalue weighted by Gasteiger charge is 1.88. The van der Waals surface area contributed by atoms with Crippen molar-refractivity contribution in [3.8, 4) is 0 Å². The number of rotatable bonds is 2. The predicted octanol–water partition coefficient (Wildman–Crippen LogP) is 3.04. The summed E-state index contributed by atoms with van der Waals surface area (Å²) >= 11 is 0. The van der Waals surface area contributed by atoms with Crippen LogP contribution < -0.4 is 5.73 Å². The Kier molecular flexibility index (Phi) is 38.1. The van der Waals surface area contributed by atoms with E-state index in [0.29, 0.717) is 0 Å². The third-order valence-electron chi connectivity index (χ3n) is 1.39. The van der Waals surface area contributed by atoms with Crippen LogP contribution in [0, 0.1) is 5.92 Å². The van der Waals surface area contributed by atoms with Gasteiger partial charge in [-0.1, -0.05) is 47.5 Å². The second kappa shape index (κ2) is 23.1. The van der Waals surface area contributed by atoms with Crippen LogP contribution in [0.4, 0.5) is 0 Å². The second-order valence-electron chi connectivity index (χ2n) is 1.92. The molecule has 0 unspecified atom stereocenters. The van der Waals surface area contributed by atoms with Gasteiger partial charge in [-0.15, -0.1) is 0 Å². The average Bonchev–Trinajstić information content (AvgIpc) is 2.10. The van der Waals surface area contributed by atoms with Gasteiger partial charge >= 0.3 is 0 Å². The summed E-state index contributed by atoms with van der Waals surface area (Å²) in [5, 5.41) is 0. The predicted molar refractivity (Wildman–Crippen MR) is 51.2 cm³/mol. The molecule has 0 heterocycles. The summed E-state index contributed by atoms with van der Waals surface area (Å²) < 4.78 is 0. The van der Waals surface area contributed by atoms with Gasteiger partial charge < -0.3 is 5.73 Å². The Balaban J connectivity index is -0.000000105. The van der Waals surface area contributed by atoms with Crippen molar-refractivity contribution < 1.29 is 0 Å². The lowest BCUT2D eigenvalue weighted by molar-refractivity contribution is 0.544. The first-order valence-electron chi connectivity index (χ1n) is 4.39. The SMILES string of the molecule is CC.CCC(C)CC.CN. The van der Waals surface area contributed by atoms with Crippen LogP contribution in [0.25, 0.3) is 0 Å². The van der Waals surface area contributed by atoms with Gasteiger partial charge in [0.15, 0.2) is 0 Å². The molecule has 0 aliphatic heterocycles. The largest absolute Gasteiger partial charge is 0.333 e. The van der Waals surface area contributed by atoms with Gasteiger partial charge in [0.25, 0.3) is 0 Å². The molecular formula is C9H25N. The molecule has 0 radical (unpaired) electrons. The summed E-state index contributed by atoms with van der Waals surface area (Å²) in [4.78, 5) is 0. The zero-order valence-corrected chi connectivity index (χ0v) is 8.57. The maximum Gasteiger partial charge on any atom is -0.0195 e. The Morgan fingerprint density at radius 3 is 1.20 bits per heavy atom. The highest BCUT2D eigenvalue weighted by Crippen LogP contribution is 2.02. The number of hydrogen-bond donors (Lipinski definition) is 1. The van der Waals surface area contributed by atoms with Crippen molar-refractivity contribution in [2.45, 2.75) is 47.5 Å². The minimum Gasteiger partial charge on any atom is -0.333 e. The van der Waals surface area contributed by atoms with E-state index in [2.05, 4.69) is 26.5 Å². The van der Waals surface area contributed by atoms with Crippen LogP contribution in [0.15, 0.2) is 0 Å². The normalized spacial score (nSPS) is 7.20. The fourth-order valence-corrected chi connectivity index (χ4v) is 0.289. The van der Waals surface area contributed by atoms with Crippen LogP contribution in [-0.4, -0.2) is 7.05 Å². The molecule has 0 aromatic heterocycles. The third kappa shape index (κ3) is 24.6. The smallest absolute Gasteiger partial charge is 0.0195 e. The molecule has 0 aliphatic rings. The first-order chi connectivity index (χ1) is 4.81. The minimum atomic E-state index is 0.935. The molecule has 0 amide bonds. The minimum absolute atomic E-state index is 0.935. The van der Waals surface area contributed by atoms with Crippen molar-refractivity contribution in [2.75, 3.05) is 7.05 Å². The lowest BCUT2D eigenvalue weighted by Gasteiger charge is -1.98. The van der Waals surface area contributed by atoms with Gasteiger partial charge in [-0.25, -0.2) is 0 Å². The molecule has 2 N–H and O–H groups in total. The molecule has 1 nitrogen and oxygen atoms in total. The molecule has 0 aliphatic carbocycles. The van der Waals surface area contributed by atoms with Crippen LogP contribution >= 0.6 is 0 Å². The van der Waals surface area contributed by atoms with E-state index < -0.39 is 0 Å². The molecule has 0 bridgehead atoms. The monoisotopic (exact) mass is 147 g/mol. The topological polar surface area (TPSA) is 26.0 Å². The molecule has 1 heteroatoms. The van der Waals surface area contributed by atoms with Crippen molar-refractivity contribution >= 4 is 0 Å². The van der Waals surface area contributed by atoms with Gasteiger partial charge in [-0.3, -0.25) is 0 Å². The summed E-state index contributed by atoms with van der Waals surface area (Å²) in [6.45, 7) is 10.7. The molecule has 0 atom stereocenters. The number of nitrogens with two attached hydrogens (primary N) is 1. The van der Waals surface area contributed by atoms with E-state index in [0.717, 1.165) is 5.92 Å². The van der Waals surface area contributed by atoms with E-state index in [-0.39, 0.29) is 0 Å². The quantitative estimate of drug-likeness (QED) is 0.638. The molecule has 0 aromatic carbocycles. The van der Waals surface area contributed by atoms with E-state index in [9.17, 15) is 0 Å². The van der Waals surface area contributed by atoms with Crippen molar-refractivity contribution in [2.24, 2.45) is 11.7 Å². The molecule has 0 rings (SSSR count). The lowest BCUT2D eigenvalue weighted by atomic mass is 10.1. The fraction of sp³-hybridized carbons (Fsp3) is 1.00. The van der Waals surface area contributed by atoms with Crippen molar-refractivity contribution in [3.05, 3.63) is 0 Å². The van der Waals surface area contributed by atoms with Crippen molar-refractivity contribution in [1.29, 1.82) is 0 Å². The first-order valence-corrected chi connectivity index (χ1v) is 4.39. The fourth-order valence-electron chi connectivity index (χ4n) is 0.289. The van der Waals surface area contributed by atoms with Crippen molar-refractivity contribution in [1.82, 2.24) is 0 Å². The number of hydrogen-bond acceptors (Lipinski definition) is 1. The Morgan fingerprint density at radius 1 is 1.00 bits per heavy atom. The summed E-state index contributed by atoms with van der Waals surface area (Å²) in [5.74, 6) is 0.935. The Bertz CT molecular complexity index is 23.9. The summed E-state index contributed by atoms with van der Waals surface area (Å²) in [5.41, 5.74) is 4.50. The van der Waals surface area contributed by atoms with Gasteiger partial charge in [0.1, 0.15) is 0 Å². The second-order valence-corrected chi connectivity index (χ2v) is 1.92. The maximum absolute atomic E-state index is 4.50. The third-order valence-corrected chi connectivity index (χ3v) is 1.39. The van der Waals surface area contributed by atoms with Gasteiger partial charge in [-0.2, -0.15) is 0 Å². The van der Waals surface area contributed by atoms with E-state index in [1.807, 2.05) is 13.8 Å². The highest BCUT2D eigenvalue weighted by molar-refractivity contribution is 4.41. The Labute approximate surface area is 67.0 Å². The van der Waals surface area contributed by atoms with E-state index in [4.69, 9.17) is 0 Å². The molecule has 0 saturated heterocycles. The average molecular weight is 147 g/mol. The van der Waals surface area contributed by atoms with Crippen molar-refractivity contribution in [3.63, 3.8) is 0 Å². The summed E-state index contributed by atoms with van der Waals surface area (Å²) in [6, 6.07) is 0. The molecular weight excluding hydrogens is 122 g/mol. The highest BCUT2D eigenvalue weighted by atomic mass is 14.4. The Morgan fingerprint density at radius 2 is 1.20 bits per heavy atom. The molecule has 0 saturated carbocycles. The molecule has 0 spiro atoms. The summed E-state index contributed by atoms with van der Waals surface area (Å²) in [7, 11) is 1.50. The first kappa shape index (κ1) is 16.5. The summed E-state index contributed by atoms with van der Waals surface area (Å²) in [6.07, 6.45) is 2.66. The van der Waals surface area contributed by atoms with Gasteiger partial charge in [0.05, 0.1) is 0 Å². The lowest BCUT2D eigenvalue weighted by Crippen LogP contribution is -1.85. The van der Waals surface area contributed by atoms with Gasteiger partial charge in [0, 0.05) is 0 Å². The molecule has 10 heavy (non-hydrogen) atoms. The molecule has 66 valence electrons. The maximum atomic E-state index is 4.50. The van der Waals surface area contributed by atoms with Crippen LogP contribution in [0.5, 0.6) is 0 Å². The molecule has 0 fully saturated rings. The Hall–Kier alpha value is -0.0400. The van der Waals surface area contributed by atoms with Gasteiger partial charge in [-0.05, 0) is 13.0 Å². The van der Waals surface area contributed by atoms with Crippen LogP contribution in [0.3, 0.4) is 0 Å². The van der Waals surface area contributed by atoms with Gasteiger partial charge in [0.2, 0.25) is 0 Å². The molecule has 0 aromatic rings. The van der Waals surface area contributed by atoms with Crippen LogP contribution in [-0.2, 0) is 0 Å². The van der Waals surface area contributed by atoms with Crippen LogP contribution in [0.1, 0.15) is 47.5 Å². The van der Waals surface area contributed by atoms with E-state index in [1.54, 1.807) is 0 Å². The van der Waals surface area contributed by atoms with E-state index >= 15 is 0 Å². The zero-order valence-electron chi connectivity index (χ0n) is 8.57. The zero-order chi connectivity index (χ0) is 8.99. The standard InChI is InChI=1S/C6H14.C2H6.CH5N/c1-4-6(3)5-2;2*1-2/h6H,4-5H2,1-3H3;1-2H3;2H2,1H3. The van der Waals surface area contributed by atoms with E-state index in [1.165, 1.54) is 19.9 Å².